The molecule has 82 valence electrons. The van der Waals surface area contributed by atoms with Gasteiger partial charge < -0.3 is 15.2 Å². The second kappa shape index (κ2) is 6.17. The molecule has 0 saturated carbocycles. The fraction of sp³-hybridized carbons (Fsp3) is 0.714. The Bertz CT molecular complexity index is 207. The third kappa shape index (κ3) is 5.33. The number of amides is 2. The van der Waals surface area contributed by atoms with Crippen LogP contribution in [0.3, 0.4) is 0 Å². The minimum absolute atomic E-state index is 0.0779. The summed E-state index contributed by atoms with van der Waals surface area (Å²) < 4.78 is 4.61. The highest BCUT2D eigenvalue weighted by atomic mass is 16.5. The lowest BCUT2D eigenvalue weighted by atomic mass is 10.3. The molecule has 0 radical (unpaired) electrons. The van der Waals surface area contributed by atoms with Crippen LogP contribution < -0.4 is 10.7 Å². The Morgan fingerprint density at radius 1 is 1.50 bits per heavy atom. The highest BCUT2D eigenvalue weighted by Gasteiger charge is 2.16. The van der Waals surface area contributed by atoms with E-state index in [0.29, 0.717) is 0 Å². The van der Waals surface area contributed by atoms with Crippen LogP contribution >= 0.6 is 0 Å². The van der Waals surface area contributed by atoms with E-state index in [0.717, 1.165) is 0 Å². The van der Waals surface area contributed by atoms with Crippen molar-refractivity contribution >= 4 is 12.0 Å². The summed E-state index contributed by atoms with van der Waals surface area (Å²) in [7, 11) is 4.56. The molecule has 1 atom stereocenters. The fourth-order valence-electron chi connectivity index (χ4n) is 0.699. The lowest BCUT2D eigenvalue weighted by molar-refractivity contribution is -0.147. The van der Waals surface area contributed by atoms with Gasteiger partial charge in [0.1, 0.15) is 0 Å². The van der Waals surface area contributed by atoms with Crippen LogP contribution in [-0.4, -0.2) is 56.0 Å². The first kappa shape index (κ1) is 12.7. The van der Waals surface area contributed by atoms with Crippen molar-refractivity contribution in [2.24, 2.45) is 0 Å². The summed E-state index contributed by atoms with van der Waals surface area (Å²) in [6, 6.07) is -0.474. The number of urea groups is 1. The number of carboxylic acid groups (broad SMARTS) is 1. The SMILES string of the molecule is COC(CNC(=O)NN(C)C)C(=O)O. The summed E-state index contributed by atoms with van der Waals surface area (Å²) in [6.07, 6.45) is -1.03. The van der Waals surface area contributed by atoms with Crippen LogP contribution in [0, 0.1) is 0 Å². The van der Waals surface area contributed by atoms with Gasteiger partial charge in [-0.1, -0.05) is 0 Å². The summed E-state index contributed by atoms with van der Waals surface area (Å²) in [6.45, 7) is -0.0779. The van der Waals surface area contributed by atoms with E-state index < -0.39 is 18.1 Å². The number of methoxy groups -OCH3 is 1. The van der Waals surface area contributed by atoms with Crippen molar-refractivity contribution in [3.63, 3.8) is 0 Å². The summed E-state index contributed by atoms with van der Waals surface area (Å²) >= 11 is 0. The Balaban J connectivity index is 3.80. The average molecular weight is 205 g/mol. The minimum atomic E-state index is -1.11. The first-order valence-electron chi connectivity index (χ1n) is 3.94. The molecule has 0 rings (SSSR count). The van der Waals surface area contributed by atoms with Crippen LogP contribution in [0.15, 0.2) is 0 Å². The van der Waals surface area contributed by atoms with E-state index in [9.17, 15) is 9.59 Å². The van der Waals surface area contributed by atoms with E-state index in [2.05, 4.69) is 15.5 Å². The van der Waals surface area contributed by atoms with E-state index in [-0.39, 0.29) is 6.54 Å². The van der Waals surface area contributed by atoms with Crippen molar-refractivity contribution in [3.05, 3.63) is 0 Å². The standard InChI is InChI=1S/C7H15N3O4/c1-10(2)9-7(13)8-4-5(14-3)6(11)12/h5H,4H2,1-3H3,(H,11,12)(H2,8,9,13). The van der Waals surface area contributed by atoms with Gasteiger partial charge in [0.2, 0.25) is 0 Å². The Hall–Kier alpha value is -1.34. The van der Waals surface area contributed by atoms with Gasteiger partial charge in [-0.25, -0.2) is 14.6 Å². The summed E-state index contributed by atoms with van der Waals surface area (Å²) in [5.74, 6) is -1.11. The number of nitrogens with zero attached hydrogens (tertiary/aromatic N) is 1. The number of ether oxygens (including phenoxy) is 1. The van der Waals surface area contributed by atoms with Gasteiger partial charge >= 0.3 is 12.0 Å². The monoisotopic (exact) mass is 205 g/mol. The lowest BCUT2D eigenvalue weighted by Gasteiger charge is -2.15. The van der Waals surface area contributed by atoms with E-state index in [1.54, 1.807) is 14.1 Å². The van der Waals surface area contributed by atoms with Gasteiger partial charge in [0.25, 0.3) is 0 Å². The molecule has 14 heavy (non-hydrogen) atoms. The number of hydrogen-bond donors (Lipinski definition) is 3. The van der Waals surface area contributed by atoms with Crippen molar-refractivity contribution < 1.29 is 19.4 Å². The molecule has 0 aliphatic carbocycles. The molecule has 0 saturated heterocycles. The Labute approximate surface area is 82.0 Å². The number of aliphatic carboxylic acids is 1. The van der Waals surface area contributed by atoms with Gasteiger partial charge in [0, 0.05) is 21.2 Å². The van der Waals surface area contributed by atoms with Gasteiger partial charge in [-0.15, -0.1) is 0 Å². The molecule has 1 unspecified atom stereocenters. The van der Waals surface area contributed by atoms with E-state index in [1.165, 1.54) is 12.1 Å². The molecule has 0 aliphatic heterocycles. The van der Waals surface area contributed by atoms with E-state index >= 15 is 0 Å². The molecule has 7 nitrogen and oxygen atoms in total. The summed E-state index contributed by atoms with van der Waals surface area (Å²) in [5.41, 5.74) is 2.40. The largest absolute Gasteiger partial charge is 0.479 e. The molecule has 3 N–H and O–H groups in total. The maximum atomic E-state index is 11.0. The number of rotatable bonds is 5. The number of hydrogen-bond acceptors (Lipinski definition) is 4. The molecular formula is C7H15N3O4. The van der Waals surface area contributed by atoms with Crippen molar-refractivity contribution in [3.8, 4) is 0 Å². The Morgan fingerprint density at radius 2 is 2.07 bits per heavy atom. The van der Waals surface area contributed by atoms with Gasteiger partial charge in [0.05, 0.1) is 6.54 Å². The number of nitrogens with one attached hydrogen (secondary N) is 2. The first-order chi connectivity index (χ1) is 6.47. The second-order valence-electron chi connectivity index (χ2n) is 2.78. The zero-order valence-corrected chi connectivity index (χ0v) is 8.40. The van der Waals surface area contributed by atoms with Crippen LogP contribution in [0.5, 0.6) is 0 Å². The van der Waals surface area contributed by atoms with Crippen LogP contribution in [-0.2, 0) is 9.53 Å². The van der Waals surface area contributed by atoms with Crippen LogP contribution in [0.2, 0.25) is 0 Å². The van der Waals surface area contributed by atoms with Crippen LogP contribution in [0.4, 0.5) is 4.79 Å². The molecule has 0 heterocycles. The zero-order valence-electron chi connectivity index (χ0n) is 8.40. The first-order valence-corrected chi connectivity index (χ1v) is 3.94. The maximum Gasteiger partial charge on any atom is 0.334 e. The molecule has 0 bridgehead atoms. The number of carboxylic acids is 1. The molecule has 2 amide bonds. The number of carbonyl (C=O) groups excluding carboxylic acids is 1. The van der Waals surface area contributed by atoms with Crippen LogP contribution in [0.1, 0.15) is 0 Å². The van der Waals surface area contributed by atoms with Gasteiger partial charge in [-0.2, -0.15) is 0 Å². The van der Waals surface area contributed by atoms with Crippen molar-refractivity contribution in [1.82, 2.24) is 15.8 Å². The smallest absolute Gasteiger partial charge is 0.334 e. The zero-order chi connectivity index (χ0) is 11.1. The number of hydrazine groups is 1. The molecule has 0 aromatic rings. The topological polar surface area (TPSA) is 90.9 Å². The summed E-state index contributed by atoms with van der Waals surface area (Å²) in [4.78, 5) is 21.4. The fourth-order valence-corrected chi connectivity index (χ4v) is 0.699. The maximum absolute atomic E-state index is 11.0. The quantitative estimate of drug-likeness (QED) is 0.494. The number of carbonyl (C=O) groups is 2. The Kier molecular flexibility index (Phi) is 5.58. The third-order valence-electron chi connectivity index (χ3n) is 1.33. The van der Waals surface area contributed by atoms with Crippen molar-refractivity contribution in [1.29, 1.82) is 0 Å². The van der Waals surface area contributed by atoms with E-state index in [4.69, 9.17) is 5.11 Å². The van der Waals surface area contributed by atoms with Gasteiger partial charge in [-0.3, -0.25) is 5.43 Å². The van der Waals surface area contributed by atoms with E-state index in [1.807, 2.05) is 0 Å². The Morgan fingerprint density at radius 3 is 2.43 bits per heavy atom. The van der Waals surface area contributed by atoms with Crippen LogP contribution in [0.25, 0.3) is 0 Å². The normalized spacial score (nSPS) is 12.3. The molecular weight excluding hydrogens is 190 g/mol. The van der Waals surface area contributed by atoms with Gasteiger partial charge in [0.15, 0.2) is 6.10 Å². The third-order valence-corrected chi connectivity index (χ3v) is 1.33. The predicted molar refractivity (Wildman–Crippen MR) is 48.7 cm³/mol. The second-order valence-corrected chi connectivity index (χ2v) is 2.78. The molecule has 7 heteroatoms. The lowest BCUT2D eigenvalue weighted by Crippen LogP contribution is -2.47. The molecule has 0 fully saturated rings. The molecule has 0 spiro atoms. The van der Waals surface area contributed by atoms with Crippen molar-refractivity contribution in [2.45, 2.75) is 6.10 Å². The molecule has 0 aromatic heterocycles. The van der Waals surface area contributed by atoms with Crippen molar-refractivity contribution in [2.75, 3.05) is 27.7 Å². The summed E-state index contributed by atoms with van der Waals surface area (Å²) in [5, 5.41) is 12.4. The van der Waals surface area contributed by atoms with Gasteiger partial charge in [-0.05, 0) is 0 Å². The molecule has 0 aromatic carbocycles. The highest BCUT2D eigenvalue weighted by molar-refractivity contribution is 5.76. The predicted octanol–water partition coefficient (Wildman–Crippen LogP) is -1.14. The highest BCUT2D eigenvalue weighted by Crippen LogP contribution is 1.87. The minimum Gasteiger partial charge on any atom is -0.479 e. The average Bonchev–Trinajstić information content (AvgIpc) is 2.03. The molecule has 0 aliphatic rings.